The zero-order valence-electron chi connectivity index (χ0n) is 11.5. The number of nitrogens with two attached hydrogens (primary N) is 1. The number of hydrogen-bond acceptors (Lipinski definition) is 2. The largest absolute Gasteiger partial charge is 0.370 e. The molecule has 1 amide bonds. The van der Waals surface area contributed by atoms with Crippen LogP contribution in [0.15, 0.2) is 35.3 Å². The molecular formula is C14H22N4O. The average molecular weight is 262 g/mol. The van der Waals surface area contributed by atoms with Gasteiger partial charge in [0, 0.05) is 24.7 Å². The Morgan fingerprint density at radius 2 is 2.00 bits per heavy atom. The van der Waals surface area contributed by atoms with Crippen LogP contribution in [0.3, 0.4) is 0 Å². The van der Waals surface area contributed by atoms with Gasteiger partial charge in [0.05, 0.1) is 0 Å². The average Bonchev–Trinajstić information content (AvgIpc) is 2.39. The highest BCUT2D eigenvalue weighted by atomic mass is 16.1. The Labute approximate surface area is 114 Å². The highest BCUT2D eigenvalue weighted by Gasteiger charge is 2.04. The van der Waals surface area contributed by atoms with Crippen LogP contribution in [0.25, 0.3) is 0 Å². The second-order valence-electron chi connectivity index (χ2n) is 4.56. The summed E-state index contributed by atoms with van der Waals surface area (Å²) >= 11 is 0. The van der Waals surface area contributed by atoms with Gasteiger partial charge in [-0.05, 0) is 18.6 Å². The molecule has 5 heteroatoms. The molecular weight excluding hydrogens is 240 g/mol. The highest BCUT2D eigenvalue weighted by molar-refractivity contribution is 5.92. The molecule has 0 saturated carbocycles. The van der Waals surface area contributed by atoms with Crippen molar-refractivity contribution in [2.45, 2.75) is 20.3 Å². The van der Waals surface area contributed by atoms with Crippen molar-refractivity contribution in [3.63, 3.8) is 0 Å². The molecule has 5 nitrogen and oxygen atoms in total. The summed E-state index contributed by atoms with van der Waals surface area (Å²) in [7, 11) is 0. The maximum absolute atomic E-state index is 11.3. The van der Waals surface area contributed by atoms with Crippen molar-refractivity contribution in [3.05, 3.63) is 30.3 Å². The molecule has 1 aromatic rings. The topological polar surface area (TPSA) is 79.5 Å². The van der Waals surface area contributed by atoms with Crippen molar-refractivity contribution in [1.29, 1.82) is 0 Å². The van der Waals surface area contributed by atoms with Gasteiger partial charge in [-0.3, -0.25) is 9.79 Å². The summed E-state index contributed by atoms with van der Waals surface area (Å²) in [6.45, 7) is 4.95. The van der Waals surface area contributed by atoms with Gasteiger partial charge in [-0.15, -0.1) is 0 Å². The van der Waals surface area contributed by atoms with E-state index in [1.807, 2.05) is 44.2 Å². The van der Waals surface area contributed by atoms with Gasteiger partial charge in [-0.25, -0.2) is 0 Å². The first-order chi connectivity index (χ1) is 9.09. The van der Waals surface area contributed by atoms with E-state index in [0.717, 1.165) is 12.1 Å². The number of carbonyl (C=O) groups is 1. The number of anilines is 1. The fourth-order valence-electron chi connectivity index (χ4n) is 1.40. The van der Waals surface area contributed by atoms with Crippen molar-refractivity contribution in [3.8, 4) is 0 Å². The minimum atomic E-state index is 0.0216. The minimum Gasteiger partial charge on any atom is -0.370 e. The van der Waals surface area contributed by atoms with E-state index in [1.165, 1.54) is 0 Å². The summed E-state index contributed by atoms with van der Waals surface area (Å²) in [5.74, 6) is 0.481. The number of aliphatic imine (C=N–C) groups is 1. The zero-order chi connectivity index (χ0) is 14.1. The van der Waals surface area contributed by atoms with E-state index < -0.39 is 0 Å². The van der Waals surface area contributed by atoms with E-state index >= 15 is 0 Å². The maximum Gasteiger partial charge on any atom is 0.222 e. The van der Waals surface area contributed by atoms with E-state index in [0.29, 0.717) is 19.0 Å². The Balaban J connectivity index is 2.20. The molecule has 0 saturated heterocycles. The van der Waals surface area contributed by atoms with Crippen LogP contribution in [-0.4, -0.2) is 25.0 Å². The molecule has 1 rings (SSSR count). The van der Waals surface area contributed by atoms with Crippen LogP contribution in [-0.2, 0) is 4.79 Å². The van der Waals surface area contributed by atoms with Crippen LogP contribution < -0.4 is 16.4 Å². The van der Waals surface area contributed by atoms with Crippen LogP contribution in [0, 0.1) is 5.92 Å². The van der Waals surface area contributed by atoms with Gasteiger partial charge in [0.2, 0.25) is 5.91 Å². The Hall–Kier alpha value is -2.04. The van der Waals surface area contributed by atoms with Crippen molar-refractivity contribution < 1.29 is 4.79 Å². The number of hydrogen-bond donors (Lipinski definition) is 3. The number of benzene rings is 1. The van der Waals surface area contributed by atoms with Gasteiger partial charge >= 0.3 is 0 Å². The number of carbonyl (C=O) groups excluding carboxylic acids is 1. The standard InChI is InChI=1S/C14H22N4O/c1-11(2)13(19)16-9-6-10-17-14(15)18-12-7-4-3-5-8-12/h3-5,7-8,11H,6,9-10H2,1-2H3,(H,16,19)(H3,15,17,18). The van der Waals surface area contributed by atoms with Crippen molar-refractivity contribution in [1.82, 2.24) is 5.32 Å². The van der Waals surface area contributed by atoms with Crippen LogP contribution in [0.5, 0.6) is 0 Å². The summed E-state index contributed by atoms with van der Waals surface area (Å²) in [4.78, 5) is 15.5. The minimum absolute atomic E-state index is 0.0216. The summed E-state index contributed by atoms with van der Waals surface area (Å²) in [6, 6.07) is 9.64. The molecule has 0 fully saturated rings. The lowest BCUT2D eigenvalue weighted by Gasteiger charge is -2.07. The third-order valence-corrected chi connectivity index (χ3v) is 2.49. The van der Waals surface area contributed by atoms with Gasteiger partial charge in [0.1, 0.15) is 0 Å². The van der Waals surface area contributed by atoms with Gasteiger partial charge in [-0.1, -0.05) is 32.0 Å². The third kappa shape index (κ3) is 6.45. The van der Waals surface area contributed by atoms with Crippen molar-refractivity contribution in [2.75, 3.05) is 18.4 Å². The Morgan fingerprint density at radius 1 is 1.32 bits per heavy atom. The smallest absolute Gasteiger partial charge is 0.222 e. The predicted molar refractivity (Wildman–Crippen MR) is 79.0 cm³/mol. The summed E-state index contributed by atoms with van der Waals surface area (Å²) in [5.41, 5.74) is 6.66. The van der Waals surface area contributed by atoms with Crippen LogP contribution in [0.4, 0.5) is 5.69 Å². The lowest BCUT2D eigenvalue weighted by atomic mass is 10.2. The fourth-order valence-corrected chi connectivity index (χ4v) is 1.40. The molecule has 0 aliphatic heterocycles. The third-order valence-electron chi connectivity index (χ3n) is 2.49. The number of nitrogens with one attached hydrogen (secondary N) is 2. The molecule has 0 radical (unpaired) electrons. The fraction of sp³-hybridized carbons (Fsp3) is 0.429. The van der Waals surface area contributed by atoms with E-state index in [4.69, 9.17) is 5.73 Å². The molecule has 0 bridgehead atoms. The Morgan fingerprint density at radius 3 is 2.63 bits per heavy atom. The molecule has 1 aromatic carbocycles. The number of guanidine groups is 1. The second-order valence-corrected chi connectivity index (χ2v) is 4.56. The number of nitrogens with zero attached hydrogens (tertiary/aromatic N) is 1. The normalized spacial score (nSPS) is 11.4. The highest BCUT2D eigenvalue weighted by Crippen LogP contribution is 2.03. The molecule has 0 heterocycles. The van der Waals surface area contributed by atoms with Crippen molar-refractivity contribution >= 4 is 17.6 Å². The van der Waals surface area contributed by atoms with Gasteiger partial charge in [0.15, 0.2) is 5.96 Å². The van der Waals surface area contributed by atoms with Crippen LogP contribution in [0.1, 0.15) is 20.3 Å². The van der Waals surface area contributed by atoms with Crippen molar-refractivity contribution in [2.24, 2.45) is 16.6 Å². The Kier molecular flexibility index (Phi) is 6.43. The molecule has 0 atom stereocenters. The van der Waals surface area contributed by atoms with E-state index in [9.17, 15) is 4.79 Å². The molecule has 0 aliphatic rings. The lowest BCUT2D eigenvalue weighted by molar-refractivity contribution is -0.123. The molecule has 19 heavy (non-hydrogen) atoms. The SMILES string of the molecule is CC(C)C(=O)NCCCN=C(N)Nc1ccccc1. The molecule has 0 aliphatic carbocycles. The first-order valence-corrected chi connectivity index (χ1v) is 6.49. The van der Waals surface area contributed by atoms with Gasteiger partial charge < -0.3 is 16.4 Å². The summed E-state index contributed by atoms with van der Waals surface area (Å²) in [6.07, 6.45) is 0.773. The van der Waals surface area contributed by atoms with E-state index in [1.54, 1.807) is 0 Å². The Bertz CT molecular complexity index is 415. The zero-order valence-corrected chi connectivity index (χ0v) is 11.5. The maximum atomic E-state index is 11.3. The number of para-hydroxylation sites is 1. The van der Waals surface area contributed by atoms with E-state index in [2.05, 4.69) is 15.6 Å². The molecule has 0 unspecified atom stereocenters. The number of rotatable bonds is 6. The first kappa shape index (κ1) is 15.0. The molecule has 4 N–H and O–H groups in total. The van der Waals surface area contributed by atoms with Crippen LogP contribution in [0.2, 0.25) is 0 Å². The second kappa shape index (κ2) is 8.13. The summed E-state index contributed by atoms with van der Waals surface area (Å²) in [5, 5.41) is 5.84. The van der Waals surface area contributed by atoms with E-state index in [-0.39, 0.29) is 11.8 Å². The molecule has 0 spiro atoms. The lowest BCUT2D eigenvalue weighted by Crippen LogP contribution is -2.29. The van der Waals surface area contributed by atoms with Gasteiger partial charge in [0.25, 0.3) is 0 Å². The molecule has 104 valence electrons. The predicted octanol–water partition coefficient (Wildman–Crippen LogP) is 1.58. The monoisotopic (exact) mass is 262 g/mol. The summed E-state index contributed by atoms with van der Waals surface area (Å²) < 4.78 is 0. The van der Waals surface area contributed by atoms with Crippen LogP contribution >= 0.6 is 0 Å². The molecule has 0 aromatic heterocycles. The number of amides is 1. The first-order valence-electron chi connectivity index (χ1n) is 6.49. The van der Waals surface area contributed by atoms with Gasteiger partial charge in [-0.2, -0.15) is 0 Å². The quantitative estimate of drug-likeness (QED) is 0.413.